The van der Waals surface area contributed by atoms with Gasteiger partial charge in [0.05, 0.1) is 5.56 Å². The number of H-pyrrole nitrogens is 1. The number of hydrogen-bond donors (Lipinski definition) is 1. The number of aromatic amines is 1. The predicted octanol–water partition coefficient (Wildman–Crippen LogP) is 4.28. The Balaban J connectivity index is 2.01. The van der Waals surface area contributed by atoms with Gasteiger partial charge in [-0.05, 0) is 37.3 Å². The first kappa shape index (κ1) is 12.2. The topological polar surface area (TPSA) is 48.8 Å². The van der Waals surface area contributed by atoms with E-state index in [9.17, 15) is 4.39 Å². The van der Waals surface area contributed by atoms with Crippen molar-refractivity contribution in [3.63, 3.8) is 0 Å². The molecule has 0 aliphatic heterocycles. The van der Waals surface area contributed by atoms with E-state index in [4.69, 9.17) is 10.00 Å². The Morgan fingerprint density at radius 1 is 1.20 bits per heavy atom. The number of benzene rings is 2. The van der Waals surface area contributed by atoms with Gasteiger partial charge in [-0.2, -0.15) is 5.26 Å². The van der Waals surface area contributed by atoms with E-state index in [1.54, 1.807) is 6.07 Å². The van der Waals surface area contributed by atoms with Gasteiger partial charge < -0.3 is 9.72 Å². The molecule has 0 unspecified atom stereocenters. The smallest absolute Gasteiger partial charge is 0.141 e. The fourth-order valence-corrected chi connectivity index (χ4v) is 2.16. The number of aromatic nitrogens is 1. The van der Waals surface area contributed by atoms with Gasteiger partial charge in [-0.25, -0.2) is 4.39 Å². The summed E-state index contributed by atoms with van der Waals surface area (Å²) in [6.45, 7) is 1.96. The van der Waals surface area contributed by atoms with Gasteiger partial charge in [-0.3, -0.25) is 0 Å². The molecule has 0 saturated heterocycles. The lowest BCUT2D eigenvalue weighted by molar-refractivity contribution is 0.477. The van der Waals surface area contributed by atoms with Crippen molar-refractivity contribution in [1.82, 2.24) is 4.98 Å². The average molecular weight is 266 g/mol. The fourth-order valence-electron chi connectivity index (χ4n) is 2.16. The molecule has 3 aromatic rings. The molecule has 0 radical (unpaired) electrons. The zero-order valence-electron chi connectivity index (χ0n) is 10.8. The lowest BCUT2D eigenvalue weighted by Crippen LogP contribution is -1.90. The zero-order valence-corrected chi connectivity index (χ0v) is 10.8. The number of fused-ring (bicyclic) bond motifs is 1. The summed E-state index contributed by atoms with van der Waals surface area (Å²) in [5, 5.41) is 9.90. The van der Waals surface area contributed by atoms with E-state index in [0.29, 0.717) is 11.5 Å². The number of hydrogen-bond acceptors (Lipinski definition) is 2. The van der Waals surface area contributed by atoms with Gasteiger partial charge >= 0.3 is 0 Å². The molecular formula is C16H11FN2O. The van der Waals surface area contributed by atoms with E-state index in [2.05, 4.69) is 4.98 Å². The maximum atomic E-state index is 13.3. The van der Waals surface area contributed by atoms with Gasteiger partial charge in [0.15, 0.2) is 0 Å². The van der Waals surface area contributed by atoms with Crippen molar-refractivity contribution < 1.29 is 9.13 Å². The summed E-state index contributed by atoms with van der Waals surface area (Å²) < 4.78 is 19.0. The second-order valence-electron chi connectivity index (χ2n) is 4.48. The van der Waals surface area contributed by atoms with Crippen LogP contribution in [-0.2, 0) is 0 Å². The molecule has 0 atom stereocenters. The third-order valence-electron chi connectivity index (χ3n) is 3.24. The van der Waals surface area contributed by atoms with E-state index >= 15 is 0 Å². The molecule has 98 valence electrons. The fraction of sp³-hybridized carbons (Fsp3) is 0.0625. The highest BCUT2D eigenvalue weighted by atomic mass is 19.1. The number of nitriles is 1. The second kappa shape index (κ2) is 4.71. The molecule has 20 heavy (non-hydrogen) atoms. The van der Waals surface area contributed by atoms with Crippen molar-refractivity contribution in [2.75, 3.05) is 0 Å². The predicted molar refractivity (Wildman–Crippen MR) is 74.2 cm³/mol. The minimum atomic E-state index is -0.544. The summed E-state index contributed by atoms with van der Waals surface area (Å²) in [4.78, 5) is 3.13. The summed E-state index contributed by atoms with van der Waals surface area (Å²) in [6.07, 6.45) is 1.87. The maximum Gasteiger partial charge on any atom is 0.141 e. The summed E-state index contributed by atoms with van der Waals surface area (Å²) in [6, 6.07) is 11.7. The minimum Gasteiger partial charge on any atom is -0.457 e. The molecule has 3 rings (SSSR count). The van der Waals surface area contributed by atoms with Crippen LogP contribution in [0.15, 0.2) is 42.6 Å². The summed E-state index contributed by atoms with van der Waals surface area (Å²) in [5.41, 5.74) is 2.00. The molecule has 1 N–H and O–H groups in total. The number of nitrogens with zero attached hydrogens (tertiary/aromatic N) is 1. The van der Waals surface area contributed by atoms with Gasteiger partial charge in [0.2, 0.25) is 0 Å². The third kappa shape index (κ3) is 1.99. The van der Waals surface area contributed by atoms with Gasteiger partial charge in [0.25, 0.3) is 0 Å². The first-order chi connectivity index (χ1) is 9.69. The largest absolute Gasteiger partial charge is 0.457 e. The normalized spacial score (nSPS) is 10.4. The van der Waals surface area contributed by atoms with Crippen molar-refractivity contribution in [3.05, 3.63) is 59.5 Å². The first-order valence-electron chi connectivity index (χ1n) is 6.13. The first-order valence-corrected chi connectivity index (χ1v) is 6.13. The zero-order chi connectivity index (χ0) is 14.1. The molecule has 0 amide bonds. The number of rotatable bonds is 2. The van der Waals surface area contributed by atoms with E-state index in [0.717, 1.165) is 16.5 Å². The Hall–Kier alpha value is -2.80. The SMILES string of the molecule is Cc1c(Oc2ccc(F)c(C#N)c2)ccc2[nH]ccc12. The van der Waals surface area contributed by atoms with Crippen molar-refractivity contribution >= 4 is 10.9 Å². The summed E-state index contributed by atoms with van der Waals surface area (Å²) in [7, 11) is 0. The van der Waals surface area contributed by atoms with Gasteiger partial charge in [-0.15, -0.1) is 0 Å². The number of aryl methyl sites for hydroxylation is 1. The molecule has 0 saturated carbocycles. The van der Waals surface area contributed by atoms with Crippen LogP contribution in [0.25, 0.3) is 10.9 Å². The van der Waals surface area contributed by atoms with Crippen LogP contribution in [-0.4, -0.2) is 4.98 Å². The van der Waals surface area contributed by atoms with Gasteiger partial charge in [-0.1, -0.05) is 0 Å². The Labute approximate surface area is 115 Å². The van der Waals surface area contributed by atoms with E-state index in [-0.39, 0.29) is 5.56 Å². The number of halogens is 1. The molecule has 0 spiro atoms. The highest BCUT2D eigenvalue weighted by Gasteiger charge is 2.08. The minimum absolute atomic E-state index is 0.0251. The Bertz CT molecular complexity index is 830. The van der Waals surface area contributed by atoms with Crippen LogP contribution in [0, 0.1) is 24.1 Å². The third-order valence-corrected chi connectivity index (χ3v) is 3.24. The molecule has 0 bridgehead atoms. The molecule has 0 fully saturated rings. The van der Waals surface area contributed by atoms with Gasteiger partial charge in [0, 0.05) is 28.7 Å². The standard InChI is InChI=1S/C16H11FN2O/c1-10-13-6-7-19-15(13)4-5-16(10)20-12-2-3-14(17)11(8-12)9-18/h2-8,19H,1H3. The molecule has 0 aliphatic carbocycles. The Morgan fingerprint density at radius 3 is 2.85 bits per heavy atom. The molecule has 1 aromatic heterocycles. The molecule has 3 nitrogen and oxygen atoms in total. The molecule has 2 aromatic carbocycles. The monoisotopic (exact) mass is 266 g/mol. The van der Waals surface area contributed by atoms with Crippen LogP contribution in [0.3, 0.4) is 0 Å². The van der Waals surface area contributed by atoms with Crippen LogP contribution >= 0.6 is 0 Å². The van der Waals surface area contributed by atoms with Crippen LogP contribution in [0.1, 0.15) is 11.1 Å². The van der Waals surface area contributed by atoms with E-state index < -0.39 is 5.82 Å². The van der Waals surface area contributed by atoms with E-state index in [1.807, 2.05) is 31.3 Å². The quantitative estimate of drug-likeness (QED) is 0.752. The molecule has 4 heteroatoms. The lowest BCUT2D eigenvalue weighted by Gasteiger charge is -2.10. The molecule has 0 aliphatic rings. The molecule has 1 heterocycles. The van der Waals surface area contributed by atoms with Crippen molar-refractivity contribution in [2.45, 2.75) is 6.92 Å². The van der Waals surface area contributed by atoms with Crippen molar-refractivity contribution in [1.29, 1.82) is 5.26 Å². The van der Waals surface area contributed by atoms with Crippen LogP contribution in [0.5, 0.6) is 11.5 Å². The van der Waals surface area contributed by atoms with Crippen LogP contribution < -0.4 is 4.74 Å². The van der Waals surface area contributed by atoms with Gasteiger partial charge in [0.1, 0.15) is 23.4 Å². The average Bonchev–Trinajstić information content (AvgIpc) is 2.93. The molecular weight excluding hydrogens is 255 g/mol. The number of nitrogens with one attached hydrogen (secondary N) is 1. The maximum absolute atomic E-state index is 13.3. The summed E-state index contributed by atoms with van der Waals surface area (Å²) in [5.74, 6) is 0.589. The van der Waals surface area contributed by atoms with Crippen LogP contribution in [0.2, 0.25) is 0 Å². The van der Waals surface area contributed by atoms with E-state index in [1.165, 1.54) is 18.2 Å². The highest BCUT2D eigenvalue weighted by molar-refractivity contribution is 5.85. The Morgan fingerprint density at radius 2 is 2.05 bits per heavy atom. The van der Waals surface area contributed by atoms with Crippen molar-refractivity contribution in [2.24, 2.45) is 0 Å². The van der Waals surface area contributed by atoms with Crippen LogP contribution in [0.4, 0.5) is 4.39 Å². The van der Waals surface area contributed by atoms with Crippen molar-refractivity contribution in [3.8, 4) is 17.6 Å². The number of ether oxygens (including phenoxy) is 1. The Kier molecular flexibility index (Phi) is 2.88. The second-order valence-corrected chi connectivity index (χ2v) is 4.48. The lowest BCUT2D eigenvalue weighted by atomic mass is 10.1. The highest BCUT2D eigenvalue weighted by Crippen LogP contribution is 2.31. The summed E-state index contributed by atoms with van der Waals surface area (Å²) >= 11 is 0.